The SMILES string of the molecule is Nc1ncnc2c1nnn2[C@@H]1O[C@H](CO)[C@@H](O)[C@@H]1F. The summed E-state index contributed by atoms with van der Waals surface area (Å²) in [5.74, 6) is 0.115. The van der Waals surface area contributed by atoms with Crippen molar-refractivity contribution >= 4 is 17.0 Å². The van der Waals surface area contributed by atoms with E-state index in [-0.39, 0.29) is 17.0 Å². The zero-order valence-electron chi connectivity index (χ0n) is 9.59. The van der Waals surface area contributed by atoms with E-state index in [1.165, 1.54) is 6.33 Å². The van der Waals surface area contributed by atoms with Crippen LogP contribution in [0.3, 0.4) is 0 Å². The van der Waals surface area contributed by atoms with Gasteiger partial charge in [-0.3, -0.25) is 0 Å². The molecule has 1 aliphatic rings. The minimum atomic E-state index is -1.75. The van der Waals surface area contributed by atoms with E-state index >= 15 is 0 Å². The van der Waals surface area contributed by atoms with E-state index in [2.05, 4.69) is 20.3 Å². The highest BCUT2D eigenvalue weighted by molar-refractivity contribution is 5.80. The number of hydrogen-bond donors (Lipinski definition) is 3. The van der Waals surface area contributed by atoms with Gasteiger partial charge < -0.3 is 20.7 Å². The fourth-order valence-electron chi connectivity index (χ4n) is 2.00. The zero-order chi connectivity index (χ0) is 13.6. The summed E-state index contributed by atoms with van der Waals surface area (Å²) in [7, 11) is 0. The minimum absolute atomic E-state index is 0.115. The number of alkyl halides is 1. The third-order valence-corrected chi connectivity index (χ3v) is 3.00. The van der Waals surface area contributed by atoms with Gasteiger partial charge in [0.05, 0.1) is 6.61 Å². The standard InChI is InChI=1S/C9H11FN6O3/c10-4-6(18)3(1-17)19-9(4)16-8-5(14-15-16)7(11)12-2-13-8/h2-4,6,9,17-18H,1H2,(H2,11,12,13)/t3-,4+,6-,9-/m1/s1. The Labute approximate surface area is 105 Å². The topological polar surface area (TPSA) is 132 Å². The number of halogens is 1. The van der Waals surface area contributed by atoms with E-state index in [1.54, 1.807) is 0 Å². The Morgan fingerprint density at radius 2 is 2.26 bits per heavy atom. The summed E-state index contributed by atoms with van der Waals surface area (Å²) in [5.41, 5.74) is 6.02. The highest BCUT2D eigenvalue weighted by Crippen LogP contribution is 2.32. The molecule has 2 aromatic heterocycles. The number of hydrogen-bond acceptors (Lipinski definition) is 8. The molecule has 1 saturated heterocycles. The van der Waals surface area contributed by atoms with Crippen molar-refractivity contribution in [3.8, 4) is 0 Å². The Morgan fingerprint density at radius 3 is 2.95 bits per heavy atom. The van der Waals surface area contributed by atoms with Gasteiger partial charge in [-0.15, -0.1) is 5.10 Å². The second-order valence-corrected chi connectivity index (χ2v) is 4.15. The van der Waals surface area contributed by atoms with Crippen LogP contribution in [0, 0.1) is 0 Å². The molecule has 4 N–H and O–H groups in total. The van der Waals surface area contributed by atoms with Crippen LogP contribution < -0.4 is 5.73 Å². The lowest BCUT2D eigenvalue weighted by Crippen LogP contribution is -2.30. The van der Waals surface area contributed by atoms with E-state index < -0.39 is 31.2 Å². The van der Waals surface area contributed by atoms with E-state index in [1.807, 2.05) is 0 Å². The van der Waals surface area contributed by atoms with Crippen LogP contribution in [-0.2, 0) is 4.74 Å². The molecule has 1 fully saturated rings. The van der Waals surface area contributed by atoms with E-state index in [9.17, 15) is 9.50 Å². The summed E-state index contributed by atoms with van der Waals surface area (Å²) in [4.78, 5) is 7.65. The summed E-state index contributed by atoms with van der Waals surface area (Å²) in [5, 5.41) is 26.0. The monoisotopic (exact) mass is 270 g/mol. The van der Waals surface area contributed by atoms with Crippen molar-refractivity contribution in [1.29, 1.82) is 0 Å². The maximum atomic E-state index is 14.0. The number of rotatable bonds is 2. The molecule has 0 radical (unpaired) electrons. The highest BCUT2D eigenvalue weighted by Gasteiger charge is 2.46. The van der Waals surface area contributed by atoms with Gasteiger partial charge in [0.1, 0.15) is 18.5 Å². The summed E-state index contributed by atoms with van der Waals surface area (Å²) < 4.78 is 20.3. The first-order valence-electron chi connectivity index (χ1n) is 5.53. The molecule has 0 bridgehead atoms. The van der Waals surface area contributed by atoms with Crippen molar-refractivity contribution in [2.45, 2.75) is 24.6 Å². The van der Waals surface area contributed by atoms with Crippen molar-refractivity contribution in [2.75, 3.05) is 12.3 Å². The molecule has 2 aromatic rings. The third-order valence-electron chi connectivity index (χ3n) is 3.00. The molecule has 4 atom stereocenters. The predicted molar refractivity (Wildman–Crippen MR) is 59.4 cm³/mol. The van der Waals surface area contributed by atoms with Crippen LogP contribution in [-0.4, -0.2) is 60.2 Å². The average molecular weight is 270 g/mol. The molecule has 0 amide bonds. The first-order valence-corrected chi connectivity index (χ1v) is 5.53. The Morgan fingerprint density at radius 1 is 1.47 bits per heavy atom. The lowest BCUT2D eigenvalue weighted by molar-refractivity contribution is -0.0512. The van der Waals surface area contributed by atoms with Crippen LogP contribution in [0.1, 0.15) is 6.23 Å². The number of anilines is 1. The number of nitrogens with two attached hydrogens (primary N) is 1. The van der Waals surface area contributed by atoms with E-state index in [0.717, 1.165) is 4.68 Å². The van der Waals surface area contributed by atoms with Crippen molar-refractivity contribution in [3.63, 3.8) is 0 Å². The van der Waals surface area contributed by atoms with Gasteiger partial charge in [0.2, 0.25) is 0 Å². The summed E-state index contributed by atoms with van der Waals surface area (Å²) in [6.45, 7) is -0.498. The van der Waals surface area contributed by atoms with Crippen LogP contribution in [0.4, 0.5) is 10.2 Å². The van der Waals surface area contributed by atoms with Crippen LogP contribution in [0.5, 0.6) is 0 Å². The Balaban J connectivity index is 2.04. The number of aliphatic hydroxyl groups excluding tert-OH is 2. The second-order valence-electron chi connectivity index (χ2n) is 4.15. The molecule has 9 nitrogen and oxygen atoms in total. The molecule has 0 aliphatic carbocycles. The van der Waals surface area contributed by atoms with Gasteiger partial charge in [-0.25, -0.2) is 14.4 Å². The molecular weight excluding hydrogens is 259 g/mol. The van der Waals surface area contributed by atoms with Crippen LogP contribution >= 0.6 is 0 Å². The number of nitrogen functional groups attached to an aromatic ring is 1. The molecule has 3 rings (SSSR count). The normalized spacial score (nSPS) is 31.1. The van der Waals surface area contributed by atoms with Crippen LogP contribution in [0.2, 0.25) is 0 Å². The summed E-state index contributed by atoms with van der Waals surface area (Å²) in [6, 6.07) is 0. The van der Waals surface area contributed by atoms with Gasteiger partial charge in [0.15, 0.2) is 29.4 Å². The number of nitrogens with zero attached hydrogens (tertiary/aromatic N) is 5. The van der Waals surface area contributed by atoms with E-state index in [0.29, 0.717) is 0 Å². The van der Waals surface area contributed by atoms with Crippen molar-refractivity contribution < 1.29 is 19.3 Å². The van der Waals surface area contributed by atoms with Gasteiger partial charge >= 0.3 is 0 Å². The molecule has 102 valence electrons. The zero-order valence-corrected chi connectivity index (χ0v) is 9.59. The maximum Gasteiger partial charge on any atom is 0.188 e. The molecule has 0 aromatic carbocycles. The van der Waals surface area contributed by atoms with Crippen molar-refractivity contribution in [1.82, 2.24) is 25.0 Å². The van der Waals surface area contributed by atoms with Gasteiger partial charge in [0, 0.05) is 0 Å². The minimum Gasteiger partial charge on any atom is -0.394 e. The first-order chi connectivity index (χ1) is 9.13. The van der Waals surface area contributed by atoms with Gasteiger partial charge in [0.25, 0.3) is 0 Å². The van der Waals surface area contributed by atoms with Crippen molar-refractivity contribution in [3.05, 3.63) is 6.33 Å². The quantitative estimate of drug-likeness (QED) is 0.594. The molecule has 10 heteroatoms. The molecule has 19 heavy (non-hydrogen) atoms. The average Bonchev–Trinajstić information content (AvgIpc) is 2.94. The third kappa shape index (κ3) is 1.72. The maximum absolute atomic E-state index is 14.0. The lowest BCUT2D eigenvalue weighted by atomic mass is 10.1. The second kappa shape index (κ2) is 4.33. The fourth-order valence-corrected chi connectivity index (χ4v) is 2.00. The Bertz CT molecular complexity index is 607. The Hall–Kier alpha value is -1.91. The molecule has 0 saturated carbocycles. The summed E-state index contributed by atoms with van der Waals surface area (Å²) in [6.07, 6.45) is -4.23. The predicted octanol–water partition coefficient (Wildman–Crippen LogP) is -1.61. The molecule has 1 aliphatic heterocycles. The largest absolute Gasteiger partial charge is 0.394 e. The van der Waals surface area contributed by atoms with Gasteiger partial charge in [-0.05, 0) is 0 Å². The number of aliphatic hydroxyl groups is 2. The molecule has 0 spiro atoms. The Kier molecular flexibility index (Phi) is 2.77. The van der Waals surface area contributed by atoms with Crippen LogP contribution in [0.25, 0.3) is 11.2 Å². The first kappa shape index (κ1) is 12.1. The fraction of sp³-hybridized carbons (Fsp3) is 0.556. The van der Waals surface area contributed by atoms with Gasteiger partial charge in [-0.2, -0.15) is 4.68 Å². The van der Waals surface area contributed by atoms with Gasteiger partial charge in [-0.1, -0.05) is 5.21 Å². The lowest BCUT2D eigenvalue weighted by Gasteiger charge is -2.12. The smallest absolute Gasteiger partial charge is 0.188 e. The number of ether oxygens (including phenoxy) is 1. The summed E-state index contributed by atoms with van der Waals surface area (Å²) >= 11 is 0. The molecular formula is C9H11FN6O3. The highest BCUT2D eigenvalue weighted by atomic mass is 19.1. The number of fused-ring (bicyclic) bond motifs is 1. The number of aromatic nitrogens is 5. The molecule has 3 heterocycles. The van der Waals surface area contributed by atoms with Crippen molar-refractivity contribution in [2.24, 2.45) is 0 Å². The van der Waals surface area contributed by atoms with Crippen LogP contribution in [0.15, 0.2) is 6.33 Å². The molecule has 0 unspecified atom stereocenters. The van der Waals surface area contributed by atoms with E-state index in [4.69, 9.17) is 15.6 Å².